The Kier molecular flexibility index (Phi) is 36.6. The Balaban J connectivity index is 0.000000207. The van der Waals surface area contributed by atoms with Crippen LogP contribution in [0.5, 0.6) is 0 Å². The molecule has 6 aliphatic heterocycles. The van der Waals surface area contributed by atoms with Crippen molar-refractivity contribution in [3.05, 3.63) is 196 Å². The summed E-state index contributed by atoms with van der Waals surface area (Å²) in [6.07, 6.45) is -9.41. The molecule has 0 bridgehead atoms. The van der Waals surface area contributed by atoms with Gasteiger partial charge in [-0.2, -0.15) is 0 Å². The highest BCUT2D eigenvalue weighted by Crippen LogP contribution is 2.44. The Morgan fingerprint density at radius 1 is 0.254 bits per heavy atom. The molecule has 12 rings (SSSR count). The summed E-state index contributed by atoms with van der Waals surface area (Å²) >= 11 is 0. The van der Waals surface area contributed by atoms with Crippen LogP contribution in [0.1, 0.15) is 109 Å². The first kappa shape index (κ1) is 105. The normalized spacial score (nSPS) is 26.2. The lowest BCUT2D eigenvalue weighted by Gasteiger charge is -2.16. The zero-order valence-corrected chi connectivity index (χ0v) is 71.4. The van der Waals surface area contributed by atoms with Crippen LogP contribution in [0.25, 0.3) is 0 Å². The fraction of sp³-hybridized carbons (Fsp3) is 0.600. The van der Waals surface area contributed by atoms with Crippen LogP contribution in [0.2, 0.25) is 0 Å². The first-order chi connectivity index (χ1) is 58.0. The molecular weight excluding hydrogens is 1840 g/mol. The van der Waals surface area contributed by atoms with Crippen LogP contribution in [0.4, 0.5) is 0 Å². The lowest BCUT2D eigenvalue weighted by molar-refractivity contribution is -0.0451. The maximum absolute atomic E-state index is 11.7. The van der Waals surface area contributed by atoms with Crippen molar-refractivity contribution in [3.63, 3.8) is 0 Å². The minimum Gasteiger partial charge on any atom is -0.390 e. The first-order valence-electron chi connectivity index (χ1n) is 36.2. The van der Waals surface area contributed by atoms with E-state index in [1.54, 1.807) is 0 Å². The molecule has 0 radical (unpaired) electrons. The van der Waals surface area contributed by atoms with Crippen LogP contribution < -0.4 is 67.5 Å². The number of phosphoric ester groups is 6. The highest BCUT2D eigenvalue weighted by Gasteiger charge is 2.43. The number of aromatic amines is 6. The van der Waals surface area contributed by atoms with E-state index in [-0.39, 0.29) is 38.5 Å². The average molecular weight is 1930 g/mol. The molecule has 6 aromatic heterocycles. The fourth-order valence-electron chi connectivity index (χ4n) is 12.0. The van der Waals surface area contributed by atoms with E-state index >= 15 is 0 Å². The number of aromatic nitrogens is 12. The summed E-state index contributed by atoms with van der Waals surface area (Å²) in [7, 11) is -28.0. The SMILES string of the molecule is Cc1cn([C@H]2C[C@H](O)[C@@H](COP(=O)(O)O)O2)c(=O)[nH]c1=O.Cc1cn([C@H]2C[C@H](O)[C@@H](COP(=O)(O)O)O2)c(=O)[nH]c1=O.Cc1cn([C@H]2C[C@H](O)[C@@H](COP(=O)(O)O)O2)c(=O)[nH]c1=O.Cc1cn([C@H]2C[C@H](O)[C@@H](COP(=O)(O)O)O2)c(=O)[nH]c1=O.Cc1cn([C@H]2C[C@H](O)[C@@H](COP(=O)(O)O)O2)c(=O)[nH]c1=O.Cc1cn([C@H]2C[C@H](O)[C@@H](COP(=O)(O)O)O2)c(=O)[nH]c1=O. The maximum Gasteiger partial charge on any atom is 0.469 e. The van der Waals surface area contributed by atoms with E-state index in [4.69, 9.17) is 87.1 Å². The molecule has 6 saturated heterocycles. The van der Waals surface area contributed by atoms with E-state index in [1.165, 1.54) is 78.7 Å². The summed E-state index contributed by atoms with van der Waals surface area (Å²) in [6.45, 7) is 5.96. The number of aliphatic hydroxyl groups is 6. The van der Waals surface area contributed by atoms with Crippen molar-refractivity contribution in [1.29, 1.82) is 0 Å². The number of hydrogen-bond acceptors (Lipinski definition) is 36. The molecular formula is C60H90N12O48P6. The van der Waals surface area contributed by atoms with Crippen LogP contribution in [0.15, 0.2) is 94.7 Å². The van der Waals surface area contributed by atoms with Gasteiger partial charge < -0.3 is 118 Å². The lowest BCUT2D eigenvalue weighted by atomic mass is 10.2. The molecule has 708 valence electrons. The third-order valence-electron chi connectivity index (χ3n) is 18.4. The average Bonchev–Trinajstić information content (AvgIpc) is 1.73. The molecule has 18 atom stereocenters. The molecule has 6 fully saturated rings. The van der Waals surface area contributed by atoms with Crippen LogP contribution in [0.3, 0.4) is 0 Å². The Labute approximate surface area is 700 Å². The summed E-state index contributed by atoms with van der Waals surface area (Å²) in [5.74, 6) is 0. The van der Waals surface area contributed by atoms with E-state index in [1.807, 2.05) is 0 Å². The molecule has 6 aromatic rings. The zero-order chi connectivity index (χ0) is 94.7. The van der Waals surface area contributed by atoms with Gasteiger partial charge in [-0.25, -0.2) is 56.2 Å². The van der Waals surface area contributed by atoms with Crippen molar-refractivity contribution in [1.82, 2.24) is 57.3 Å². The molecule has 60 nitrogen and oxygen atoms in total. The number of rotatable bonds is 24. The highest BCUT2D eigenvalue weighted by atomic mass is 31.2. The molecule has 24 N–H and O–H groups in total. The van der Waals surface area contributed by atoms with Crippen molar-refractivity contribution in [2.75, 3.05) is 39.6 Å². The Morgan fingerprint density at radius 2 is 0.365 bits per heavy atom. The van der Waals surface area contributed by atoms with E-state index in [0.29, 0.717) is 33.4 Å². The van der Waals surface area contributed by atoms with E-state index in [0.717, 1.165) is 27.4 Å². The molecule has 12 heterocycles. The molecule has 66 heteroatoms. The number of H-pyrrole nitrogens is 6. The van der Waals surface area contributed by atoms with Crippen molar-refractivity contribution >= 4 is 46.9 Å². The van der Waals surface area contributed by atoms with Gasteiger partial charge >= 0.3 is 81.1 Å². The van der Waals surface area contributed by atoms with E-state index in [2.05, 4.69) is 57.0 Å². The second kappa shape index (κ2) is 43.8. The van der Waals surface area contributed by atoms with Gasteiger partial charge in [0.15, 0.2) is 0 Å². The van der Waals surface area contributed by atoms with Crippen LogP contribution in [-0.2, 0) is 83.0 Å². The van der Waals surface area contributed by atoms with Crippen molar-refractivity contribution in [3.8, 4) is 0 Å². The fourth-order valence-corrected chi connectivity index (χ4v) is 14.1. The third kappa shape index (κ3) is 31.8. The standard InChI is InChI=1S/6C10H15N2O8P/c6*1-5-3-12(10(15)11-9(5)14)8-2-6(13)7(20-8)4-19-21(16,17)18/h6*3,6-8,13H,2,4H2,1H3,(H,11,14,15)(H2,16,17,18)/t6*6-,7+,8+/m000000/s1. The summed E-state index contributed by atoms with van der Waals surface area (Å²) < 4.78 is 128. The predicted molar refractivity (Wildman–Crippen MR) is 412 cm³/mol. The van der Waals surface area contributed by atoms with Crippen molar-refractivity contribution < 1.29 is 172 Å². The second-order valence-electron chi connectivity index (χ2n) is 28.2. The van der Waals surface area contributed by atoms with Gasteiger partial charge in [-0.15, -0.1) is 0 Å². The van der Waals surface area contributed by atoms with Gasteiger partial charge in [0, 0.05) is 109 Å². The Bertz CT molecular complexity index is 4970. The summed E-state index contributed by atoms with van der Waals surface area (Å²) in [6, 6.07) is 0. The monoisotopic (exact) mass is 1930 g/mol. The third-order valence-corrected chi connectivity index (χ3v) is 21.3. The number of aliphatic hydroxyl groups excluding tert-OH is 6. The Morgan fingerprint density at radius 3 is 0.468 bits per heavy atom. The summed E-state index contributed by atoms with van der Waals surface area (Å²) in [5.41, 5.74) is -5.51. The van der Waals surface area contributed by atoms with Crippen molar-refractivity contribution in [2.45, 2.75) is 191 Å². The Hall–Kier alpha value is -7.74. The van der Waals surface area contributed by atoms with Crippen LogP contribution >= 0.6 is 46.9 Å². The van der Waals surface area contributed by atoms with E-state index in [9.17, 15) is 116 Å². The van der Waals surface area contributed by atoms with Gasteiger partial charge in [0.05, 0.1) is 76.3 Å². The molecule has 0 amide bonds. The van der Waals surface area contributed by atoms with Gasteiger partial charge in [0.2, 0.25) is 0 Å². The number of nitrogens with one attached hydrogen (secondary N) is 6. The second-order valence-corrected chi connectivity index (χ2v) is 35.6. The van der Waals surface area contributed by atoms with Gasteiger partial charge in [0.1, 0.15) is 74.0 Å². The lowest BCUT2D eigenvalue weighted by Crippen LogP contribution is -2.33. The van der Waals surface area contributed by atoms with Gasteiger partial charge in [-0.05, 0) is 41.5 Å². The number of hydrogen-bond donors (Lipinski definition) is 24. The predicted octanol–water partition coefficient (Wildman–Crippen LogP) is -8.38. The number of aryl methyl sites for hydroxylation is 6. The van der Waals surface area contributed by atoms with Crippen molar-refractivity contribution in [2.24, 2.45) is 0 Å². The zero-order valence-electron chi connectivity index (χ0n) is 66.0. The summed E-state index contributed by atoms with van der Waals surface area (Å²) in [4.78, 5) is 254. The summed E-state index contributed by atoms with van der Waals surface area (Å²) in [5, 5.41) is 58.7. The van der Waals surface area contributed by atoms with Gasteiger partial charge in [-0.1, -0.05) is 0 Å². The minimum atomic E-state index is -4.67. The smallest absolute Gasteiger partial charge is 0.390 e. The molecule has 6 aliphatic rings. The molecule has 0 spiro atoms. The van der Waals surface area contributed by atoms with Gasteiger partial charge in [-0.3, -0.25) is 113 Å². The molecule has 0 saturated carbocycles. The largest absolute Gasteiger partial charge is 0.469 e. The number of ether oxygens (including phenoxy) is 6. The quantitative estimate of drug-likeness (QED) is 0.0250. The molecule has 0 aliphatic carbocycles. The molecule has 126 heavy (non-hydrogen) atoms. The van der Waals surface area contributed by atoms with Gasteiger partial charge in [0.25, 0.3) is 33.4 Å². The topological polar surface area (TPSA) is 906 Å². The number of nitrogens with zero attached hydrogens (tertiary/aromatic N) is 6. The van der Waals surface area contributed by atoms with Crippen LogP contribution in [0, 0.1) is 41.5 Å². The molecule has 0 aromatic carbocycles. The minimum absolute atomic E-state index is 0.0283. The molecule has 0 unspecified atom stereocenters. The first-order valence-corrected chi connectivity index (χ1v) is 45.4. The number of phosphoric acid groups is 6. The highest BCUT2D eigenvalue weighted by molar-refractivity contribution is 7.47. The van der Waals surface area contributed by atoms with E-state index < -0.39 is 265 Å². The van der Waals surface area contributed by atoms with Crippen LogP contribution in [-0.4, -0.2) is 260 Å². The maximum atomic E-state index is 11.7.